The Morgan fingerprint density at radius 2 is 1.90 bits per heavy atom. The van der Waals surface area contributed by atoms with E-state index in [2.05, 4.69) is 32.3 Å². The number of aromatic nitrogens is 2. The molecule has 2 fully saturated rings. The van der Waals surface area contributed by atoms with Crippen LogP contribution in [0.4, 0.5) is 5.69 Å². The van der Waals surface area contributed by atoms with Crippen LogP contribution >= 0.6 is 0 Å². The van der Waals surface area contributed by atoms with Gasteiger partial charge < -0.3 is 14.8 Å². The largest absolute Gasteiger partial charge is 0.483 e. The summed E-state index contributed by atoms with van der Waals surface area (Å²) in [5.41, 5.74) is 3.02. The topological polar surface area (TPSA) is 76.6 Å². The molecule has 1 atom stereocenters. The Labute approximate surface area is 170 Å². The number of likely N-dealkylation sites (tertiary alicyclic amines) is 1. The second kappa shape index (κ2) is 7.99. The van der Waals surface area contributed by atoms with Gasteiger partial charge in [0.2, 0.25) is 11.7 Å². The smallest absolute Gasteiger partial charge is 0.260 e. The van der Waals surface area contributed by atoms with Crippen LogP contribution in [0.1, 0.15) is 49.3 Å². The van der Waals surface area contributed by atoms with Crippen molar-refractivity contribution in [2.24, 2.45) is 0 Å². The number of rotatable bonds is 5. The predicted molar refractivity (Wildman–Crippen MR) is 108 cm³/mol. The van der Waals surface area contributed by atoms with E-state index in [0.717, 1.165) is 43.1 Å². The van der Waals surface area contributed by atoms with E-state index < -0.39 is 0 Å². The summed E-state index contributed by atoms with van der Waals surface area (Å²) in [5.74, 6) is 1.87. The summed E-state index contributed by atoms with van der Waals surface area (Å²) in [4.78, 5) is 23.8. The van der Waals surface area contributed by atoms with Gasteiger partial charge in [0.15, 0.2) is 0 Å². The first-order chi connectivity index (χ1) is 14.3. The SMILES string of the molecule is O=C(Nc1ccc(C2CC2)cc1)[C@H]1CCCCN1Cc1ncnc2c1OCCO2. The number of nitrogens with zero attached hydrogens (tertiary/aromatic N) is 3. The highest BCUT2D eigenvalue weighted by Crippen LogP contribution is 2.40. The molecular weight excluding hydrogens is 368 g/mol. The molecule has 7 heteroatoms. The number of piperidine rings is 1. The van der Waals surface area contributed by atoms with Crippen molar-refractivity contribution in [1.29, 1.82) is 0 Å². The number of amides is 1. The summed E-state index contributed by atoms with van der Waals surface area (Å²) in [7, 11) is 0. The molecule has 2 aliphatic heterocycles. The van der Waals surface area contributed by atoms with E-state index in [1.165, 1.54) is 24.7 Å². The lowest BCUT2D eigenvalue weighted by Gasteiger charge is -2.34. The van der Waals surface area contributed by atoms with E-state index in [0.29, 0.717) is 31.4 Å². The van der Waals surface area contributed by atoms with Gasteiger partial charge in [-0.2, -0.15) is 4.98 Å². The highest BCUT2D eigenvalue weighted by Gasteiger charge is 2.31. The van der Waals surface area contributed by atoms with Crippen molar-refractivity contribution in [3.8, 4) is 11.6 Å². The van der Waals surface area contributed by atoms with Crippen molar-refractivity contribution < 1.29 is 14.3 Å². The fourth-order valence-corrected chi connectivity index (χ4v) is 4.18. The molecule has 1 aromatic heterocycles. The van der Waals surface area contributed by atoms with Crippen LogP contribution in [-0.2, 0) is 11.3 Å². The third-order valence-corrected chi connectivity index (χ3v) is 5.91. The molecule has 29 heavy (non-hydrogen) atoms. The number of ether oxygens (including phenoxy) is 2. The van der Waals surface area contributed by atoms with E-state index in [-0.39, 0.29) is 11.9 Å². The molecule has 1 amide bonds. The second-order valence-corrected chi connectivity index (χ2v) is 8.02. The fraction of sp³-hybridized carbons (Fsp3) is 0.500. The lowest BCUT2D eigenvalue weighted by molar-refractivity contribution is -0.122. The number of anilines is 1. The van der Waals surface area contributed by atoms with Crippen LogP contribution in [-0.4, -0.2) is 46.6 Å². The van der Waals surface area contributed by atoms with Crippen LogP contribution in [0.25, 0.3) is 0 Å². The molecule has 3 heterocycles. The Kier molecular flexibility index (Phi) is 5.06. The van der Waals surface area contributed by atoms with Crippen LogP contribution in [0.2, 0.25) is 0 Å². The predicted octanol–water partition coefficient (Wildman–Crippen LogP) is 3.12. The maximum atomic E-state index is 13.0. The van der Waals surface area contributed by atoms with Crippen molar-refractivity contribution in [2.45, 2.75) is 50.6 Å². The lowest BCUT2D eigenvalue weighted by atomic mass is 10.0. The van der Waals surface area contributed by atoms with Crippen molar-refractivity contribution in [3.05, 3.63) is 41.9 Å². The van der Waals surface area contributed by atoms with Gasteiger partial charge in [0, 0.05) is 12.2 Å². The molecule has 2 aromatic rings. The normalized spacial score (nSPS) is 21.6. The first-order valence-electron chi connectivity index (χ1n) is 10.5. The summed E-state index contributed by atoms with van der Waals surface area (Å²) in [6, 6.07) is 8.13. The zero-order chi connectivity index (χ0) is 19.6. The quantitative estimate of drug-likeness (QED) is 0.840. The number of hydrogen-bond acceptors (Lipinski definition) is 6. The van der Waals surface area contributed by atoms with Gasteiger partial charge in [0.05, 0.1) is 6.04 Å². The van der Waals surface area contributed by atoms with Crippen molar-refractivity contribution in [1.82, 2.24) is 14.9 Å². The number of carbonyl (C=O) groups excluding carboxylic acids is 1. The first kappa shape index (κ1) is 18.4. The Hall–Kier alpha value is -2.67. The van der Waals surface area contributed by atoms with E-state index in [1.54, 1.807) is 0 Å². The molecule has 5 rings (SSSR count). The van der Waals surface area contributed by atoms with E-state index in [1.807, 2.05) is 12.1 Å². The van der Waals surface area contributed by atoms with Gasteiger partial charge in [-0.15, -0.1) is 0 Å². The minimum atomic E-state index is -0.179. The molecule has 0 spiro atoms. The highest BCUT2D eigenvalue weighted by molar-refractivity contribution is 5.94. The van der Waals surface area contributed by atoms with Crippen LogP contribution in [0.5, 0.6) is 11.6 Å². The van der Waals surface area contributed by atoms with Crippen molar-refractivity contribution in [2.75, 3.05) is 25.1 Å². The lowest BCUT2D eigenvalue weighted by Crippen LogP contribution is -2.46. The van der Waals surface area contributed by atoms with Gasteiger partial charge in [0.1, 0.15) is 25.2 Å². The molecule has 0 bridgehead atoms. The van der Waals surface area contributed by atoms with Gasteiger partial charge in [-0.3, -0.25) is 9.69 Å². The summed E-state index contributed by atoms with van der Waals surface area (Å²) in [6.45, 7) is 2.40. The average molecular weight is 394 g/mol. The number of fused-ring (bicyclic) bond motifs is 1. The Bertz CT molecular complexity index is 882. The third kappa shape index (κ3) is 4.05. The zero-order valence-corrected chi connectivity index (χ0v) is 16.5. The van der Waals surface area contributed by atoms with Gasteiger partial charge in [-0.05, 0) is 55.8 Å². The van der Waals surface area contributed by atoms with Gasteiger partial charge >= 0.3 is 0 Å². The fourth-order valence-electron chi connectivity index (χ4n) is 4.18. The van der Waals surface area contributed by atoms with Crippen molar-refractivity contribution >= 4 is 11.6 Å². The summed E-state index contributed by atoms with van der Waals surface area (Å²) in [5, 5.41) is 3.11. The Morgan fingerprint density at radius 3 is 2.72 bits per heavy atom. The number of carbonyl (C=O) groups is 1. The molecular formula is C22H26N4O3. The Balaban J connectivity index is 1.29. The first-order valence-corrected chi connectivity index (χ1v) is 10.5. The minimum absolute atomic E-state index is 0.0453. The molecule has 152 valence electrons. The molecule has 0 unspecified atom stereocenters. The second-order valence-electron chi connectivity index (χ2n) is 8.02. The Morgan fingerprint density at radius 1 is 1.07 bits per heavy atom. The molecule has 3 aliphatic rings. The molecule has 0 radical (unpaired) electrons. The van der Waals surface area contributed by atoms with Gasteiger partial charge in [-0.25, -0.2) is 4.98 Å². The van der Waals surface area contributed by atoms with Gasteiger partial charge in [0.25, 0.3) is 5.88 Å². The zero-order valence-electron chi connectivity index (χ0n) is 16.5. The molecule has 1 aliphatic carbocycles. The molecule has 1 saturated heterocycles. The van der Waals surface area contributed by atoms with E-state index >= 15 is 0 Å². The average Bonchev–Trinajstić information content (AvgIpc) is 3.60. The van der Waals surface area contributed by atoms with Gasteiger partial charge in [-0.1, -0.05) is 18.6 Å². The maximum Gasteiger partial charge on any atom is 0.260 e. The van der Waals surface area contributed by atoms with E-state index in [9.17, 15) is 4.79 Å². The van der Waals surface area contributed by atoms with Crippen LogP contribution in [0, 0.1) is 0 Å². The minimum Gasteiger partial charge on any atom is -0.483 e. The molecule has 1 saturated carbocycles. The third-order valence-electron chi connectivity index (χ3n) is 5.91. The number of benzene rings is 1. The summed E-state index contributed by atoms with van der Waals surface area (Å²) < 4.78 is 11.3. The molecule has 1 aromatic carbocycles. The maximum absolute atomic E-state index is 13.0. The standard InChI is InChI=1S/C22H26N4O3/c27-21(25-17-8-6-16(7-9-17)15-4-5-15)19-3-1-2-10-26(19)13-18-20-22(24-14-23-18)29-12-11-28-20/h6-9,14-15,19H,1-5,10-13H2,(H,25,27)/t19-/m1/s1. The molecule has 7 nitrogen and oxygen atoms in total. The number of hydrogen-bond donors (Lipinski definition) is 1. The highest BCUT2D eigenvalue weighted by atomic mass is 16.6. The molecule has 1 N–H and O–H groups in total. The van der Waals surface area contributed by atoms with Crippen LogP contribution < -0.4 is 14.8 Å². The van der Waals surface area contributed by atoms with E-state index in [4.69, 9.17) is 9.47 Å². The summed E-state index contributed by atoms with van der Waals surface area (Å²) in [6.07, 6.45) is 7.04. The van der Waals surface area contributed by atoms with Crippen LogP contribution in [0.3, 0.4) is 0 Å². The number of nitrogens with one attached hydrogen (secondary N) is 1. The van der Waals surface area contributed by atoms with Crippen molar-refractivity contribution in [3.63, 3.8) is 0 Å². The summed E-state index contributed by atoms with van der Waals surface area (Å²) >= 11 is 0. The monoisotopic (exact) mass is 394 g/mol. The van der Waals surface area contributed by atoms with Crippen LogP contribution in [0.15, 0.2) is 30.6 Å².